The molecule has 0 radical (unpaired) electrons. The van der Waals surface area contributed by atoms with Crippen molar-refractivity contribution in [1.29, 1.82) is 0 Å². The summed E-state index contributed by atoms with van der Waals surface area (Å²) in [7, 11) is 1.37. The van der Waals surface area contributed by atoms with Crippen LogP contribution in [-0.4, -0.2) is 27.9 Å². The molecule has 3 aromatic rings. The standard InChI is InChI=1S/C18H16N4O4S/c1-26-14-7-6-11(8-13(14)22(24)25)9-20-21-10-19-17-16(18(21)23)12-4-2-3-5-15(12)27-17/h6-10H,2-5H2,1H3/b20-9-. The van der Waals surface area contributed by atoms with E-state index in [0.29, 0.717) is 10.9 Å². The van der Waals surface area contributed by atoms with Crippen LogP contribution in [0.3, 0.4) is 0 Å². The van der Waals surface area contributed by atoms with Crippen LogP contribution in [0, 0.1) is 10.1 Å². The first-order chi connectivity index (χ1) is 13.1. The predicted octanol–water partition coefficient (Wildman–Crippen LogP) is 3.14. The molecule has 1 aliphatic carbocycles. The third-order valence-electron chi connectivity index (χ3n) is 4.59. The van der Waals surface area contributed by atoms with Gasteiger partial charge in [0.2, 0.25) is 0 Å². The summed E-state index contributed by atoms with van der Waals surface area (Å²) in [5.41, 5.74) is 1.22. The van der Waals surface area contributed by atoms with E-state index in [2.05, 4.69) is 10.1 Å². The molecule has 27 heavy (non-hydrogen) atoms. The van der Waals surface area contributed by atoms with Gasteiger partial charge in [0, 0.05) is 16.5 Å². The number of hydrogen-bond donors (Lipinski definition) is 0. The van der Waals surface area contributed by atoms with Crippen molar-refractivity contribution in [3.8, 4) is 5.75 Å². The van der Waals surface area contributed by atoms with Crippen molar-refractivity contribution in [2.24, 2.45) is 5.10 Å². The van der Waals surface area contributed by atoms with E-state index in [-0.39, 0.29) is 17.0 Å². The maximum atomic E-state index is 12.8. The fourth-order valence-corrected chi connectivity index (χ4v) is 4.50. The summed E-state index contributed by atoms with van der Waals surface area (Å²) in [4.78, 5) is 29.8. The quantitative estimate of drug-likeness (QED) is 0.391. The highest BCUT2D eigenvalue weighted by Crippen LogP contribution is 2.33. The Morgan fingerprint density at radius 2 is 2.19 bits per heavy atom. The molecule has 0 amide bonds. The molecular weight excluding hydrogens is 368 g/mol. The molecule has 138 valence electrons. The molecule has 9 heteroatoms. The highest BCUT2D eigenvalue weighted by molar-refractivity contribution is 7.18. The van der Waals surface area contributed by atoms with Gasteiger partial charge in [0.1, 0.15) is 11.2 Å². The van der Waals surface area contributed by atoms with Crippen molar-refractivity contribution in [3.63, 3.8) is 0 Å². The number of nitrogens with zero attached hydrogens (tertiary/aromatic N) is 4. The fraction of sp³-hybridized carbons (Fsp3) is 0.278. The van der Waals surface area contributed by atoms with E-state index < -0.39 is 4.92 Å². The number of aromatic nitrogens is 2. The van der Waals surface area contributed by atoms with Gasteiger partial charge >= 0.3 is 5.69 Å². The Labute approximate surface area is 157 Å². The first-order valence-corrected chi connectivity index (χ1v) is 9.29. The first-order valence-electron chi connectivity index (χ1n) is 8.47. The zero-order chi connectivity index (χ0) is 19.0. The number of thiophene rings is 1. The Morgan fingerprint density at radius 1 is 1.37 bits per heavy atom. The fourth-order valence-electron chi connectivity index (χ4n) is 3.28. The van der Waals surface area contributed by atoms with E-state index in [1.165, 1.54) is 41.3 Å². The number of ether oxygens (including phenoxy) is 1. The van der Waals surface area contributed by atoms with Gasteiger partial charge < -0.3 is 4.74 Å². The lowest BCUT2D eigenvalue weighted by atomic mass is 9.97. The van der Waals surface area contributed by atoms with Crippen LogP contribution in [0.15, 0.2) is 34.4 Å². The van der Waals surface area contributed by atoms with E-state index >= 15 is 0 Å². The number of benzene rings is 1. The Balaban J connectivity index is 1.73. The second-order valence-corrected chi connectivity index (χ2v) is 7.30. The Morgan fingerprint density at radius 3 is 2.96 bits per heavy atom. The number of fused-ring (bicyclic) bond motifs is 3. The van der Waals surface area contributed by atoms with Gasteiger partial charge in [-0.2, -0.15) is 9.78 Å². The third-order valence-corrected chi connectivity index (χ3v) is 5.79. The van der Waals surface area contributed by atoms with E-state index in [1.807, 2.05) is 0 Å². The van der Waals surface area contributed by atoms with Crippen LogP contribution in [0.2, 0.25) is 0 Å². The van der Waals surface area contributed by atoms with Gasteiger partial charge in [-0.25, -0.2) is 4.98 Å². The molecule has 0 saturated carbocycles. The average Bonchev–Trinajstić information content (AvgIpc) is 3.06. The van der Waals surface area contributed by atoms with Gasteiger partial charge in [-0.3, -0.25) is 14.9 Å². The monoisotopic (exact) mass is 384 g/mol. The lowest BCUT2D eigenvalue weighted by molar-refractivity contribution is -0.385. The SMILES string of the molecule is COc1ccc(/C=N\n2cnc3sc4c(c3c2=O)CCCC4)cc1[N+](=O)[O-]. The molecule has 0 atom stereocenters. The maximum Gasteiger partial charge on any atom is 0.311 e. The van der Waals surface area contributed by atoms with Crippen molar-refractivity contribution < 1.29 is 9.66 Å². The second-order valence-electron chi connectivity index (χ2n) is 6.22. The van der Waals surface area contributed by atoms with Crippen molar-refractivity contribution >= 4 is 33.5 Å². The average molecular weight is 384 g/mol. The molecule has 0 spiro atoms. The molecule has 2 heterocycles. The summed E-state index contributed by atoms with van der Waals surface area (Å²) in [6.07, 6.45) is 6.90. The molecule has 1 aromatic carbocycles. The van der Waals surface area contributed by atoms with Gasteiger partial charge in [0.25, 0.3) is 5.56 Å². The third kappa shape index (κ3) is 3.10. The van der Waals surface area contributed by atoms with Gasteiger partial charge in [0.15, 0.2) is 5.75 Å². The molecule has 1 aliphatic rings. The van der Waals surface area contributed by atoms with Gasteiger partial charge in [-0.15, -0.1) is 11.3 Å². The lowest BCUT2D eigenvalue weighted by Gasteiger charge is -2.09. The Bertz CT molecular complexity index is 1130. The van der Waals surface area contributed by atoms with E-state index in [0.717, 1.165) is 36.1 Å². The second kappa shape index (κ2) is 6.92. The van der Waals surface area contributed by atoms with E-state index in [1.54, 1.807) is 17.4 Å². The van der Waals surface area contributed by atoms with Crippen LogP contribution >= 0.6 is 11.3 Å². The molecule has 4 rings (SSSR count). The van der Waals surface area contributed by atoms with Crippen molar-refractivity contribution in [2.45, 2.75) is 25.7 Å². The first kappa shape index (κ1) is 17.3. The Hall–Kier alpha value is -3.07. The lowest BCUT2D eigenvalue weighted by Crippen LogP contribution is -2.18. The van der Waals surface area contributed by atoms with Crippen LogP contribution in [0.5, 0.6) is 5.75 Å². The van der Waals surface area contributed by atoms with Crippen molar-refractivity contribution in [3.05, 3.63) is 61.0 Å². The summed E-state index contributed by atoms with van der Waals surface area (Å²) < 4.78 is 6.17. The normalized spacial score (nSPS) is 13.8. The van der Waals surface area contributed by atoms with Crippen LogP contribution in [-0.2, 0) is 12.8 Å². The van der Waals surface area contributed by atoms with Crippen LogP contribution < -0.4 is 10.3 Å². The topological polar surface area (TPSA) is 99.6 Å². The van der Waals surface area contributed by atoms with E-state index in [9.17, 15) is 14.9 Å². The molecular formula is C18H16N4O4S. The number of nitro groups is 1. The van der Waals surface area contributed by atoms with Crippen LogP contribution in [0.4, 0.5) is 5.69 Å². The molecule has 2 aromatic heterocycles. The highest BCUT2D eigenvalue weighted by Gasteiger charge is 2.20. The molecule has 8 nitrogen and oxygen atoms in total. The zero-order valence-corrected chi connectivity index (χ0v) is 15.4. The van der Waals surface area contributed by atoms with Crippen molar-refractivity contribution in [2.75, 3.05) is 7.11 Å². The van der Waals surface area contributed by atoms with Crippen molar-refractivity contribution in [1.82, 2.24) is 9.66 Å². The molecule has 0 saturated heterocycles. The number of hydrogen-bond acceptors (Lipinski definition) is 7. The van der Waals surface area contributed by atoms with Gasteiger partial charge in [-0.05, 0) is 43.4 Å². The number of aryl methyl sites for hydroxylation is 2. The number of rotatable bonds is 4. The summed E-state index contributed by atoms with van der Waals surface area (Å²) in [5, 5.41) is 15.9. The van der Waals surface area contributed by atoms with Crippen LogP contribution in [0.1, 0.15) is 28.8 Å². The number of nitro benzene ring substituents is 1. The largest absolute Gasteiger partial charge is 0.490 e. The highest BCUT2D eigenvalue weighted by atomic mass is 32.1. The summed E-state index contributed by atoms with van der Waals surface area (Å²) >= 11 is 1.58. The predicted molar refractivity (Wildman–Crippen MR) is 103 cm³/mol. The minimum Gasteiger partial charge on any atom is -0.490 e. The summed E-state index contributed by atoms with van der Waals surface area (Å²) in [5.74, 6) is 0.169. The molecule has 0 aliphatic heterocycles. The molecule has 0 bridgehead atoms. The smallest absolute Gasteiger partial charge is 0.311 e. The minimum absolute atomic E-state index is 0.158. The van der Waals surface area contributed by atoms with Gasteiger partial charge in [-0.1, -0.05) is 0 Å². The number of methoxy groups -OCH3 is 1. The zero-order valence-electron chi connectivity index (χ0n) is 14.5. The minimum atomic E-state index is -0.520. The summed E-state index contributed by atoms with van der Waals surface area (Å²) in [6, 6.07) is 4.49. The van der Waals surface area contributed by atoms with E-state index in [4.69, 9.17) is 4.74 Å². The van der Waals surface area contributed by atoms with Crippen LogP contribution in [0.25, 0.3) is 10.2 Å². The molecule has 0 unspecified atom stereocenters. The molecule has 0 N–H and O–H groups in total. The summed E-state index contributed by atoms with van der Waals surface area (Å²) in [6.45, 7) is 0. The van der Waals surface area contributed by atoms with Gasteiger partial charge in [0.05, 0.1) is 23.6 Å². The Kier molecular flexibility index (Phi) is 4.44. The maximum absolute atomic E-state index is 12.8. The molecule has 0 fully saturated rings.